The lowest BCUT2D eigenvalue weighted by molar-refractivity contribution is -0.136. The summed E-state index contributed by atoms with van der Waals surface area (Å²) >= 11 is 0. The second-order valence-electron chi connectivity index (χ2n) is 4.97. The van der Waals surface area contributed by atoms with Crippen molar-refractivity contribution in [2.75, 3.05) is 6.54 Å². The van der Waals surface area contributed by atoms with Crippen molar-refractivity contribution >= 4 is 16.0 Å². The van der Waals surface area contributed by atoms with E-state index < -0.39 is 21.6 Å². The topological polar surface area (TPSA) is 104 Å². The van der Waals surface area contributed by atoms with Crippen molar-refractivity contribution in [1.29, 1.82) is 0 Å². The quantitative estimate of drug-likeness (QED) is 0.667. The summed E-state index contributed by atoms with van der Waals surface area (Å²) in [7, 11) is -3.72. The summed E-state index contributed by atoms with van der Waals surface area (Å²) in [5, 5.41) is 18.8. The van der Waals surface area contributed by atoms with Gasteiger partial charge in [-0.15, -0.1) is 0 Å². The van der Waals surface area contributed by atoms with Gasteiger partial charge >= 0.3 is 5.97 Å². The third-order valence-electron chi connectivity index (χ3n) is 3.50. The van der Waals surface area contributed by atoms with Gasteiger partial charge in [-0.1, -0.05) is 26.0 Å². The molecule has 0 aromatic heterocycles. The predicted molar refractivity (Wildman–Crippen MR) is 78.5 cm³/mol. The van der Waals surface area contributed by atoms with E-state index in [4.69, 9.17) is 5.11 Å². The number of carbonyl (C=O) groups is 1. The van der Waals surface area contributed by atoms with Crippen LogP contribution < -0.4 is 4.72 Å². The molecule has 21 heavy (non-hydrogen) atoms. The van der Waals surface area contributed by atoms with Crippen LogP contribution in [0.3, 0.4) is 0 Å². The van der Waals surface area contributed by atoms with E-state index in [0.717, 1.165) is 0 Å². The number of hydrogen-bond acceptors (Lipinski definition) is 4. The van der Waals surface area contributed by atoms with Crippen LogP contribution in [0, 0.1) is 0 Å². The Hall–Kier alpha value is -1.44. The minimum Gasteiger partial charge on any atom is -0.481 e. The van der Waals surface area contributed by atoms with Crippen LogP contribution >= 0.6 is 0 Å². The first-order valence-corrected chi connectivity index (χ1v) is 8.23. The summed E-state index contributed by atoms with van der Waals surface area (Å²) < 4.78 is 26.6. The van der Waals surface area contributed by atoms with E-state index in [1.165, 1.54) is 24.3 Å². The molecule has 0 heterocycles. The van der Waals surface area contributed by atoms with Crippen LogP contribution in [0.4, 0.5) is 0 Å². The van der Waals surface area contributed by atoms with Crippen LogP contribution in [0.2, 0.25) is 0 Å². The molecule has 0 aliphatic carbocycles. The highest BCUT2D eigenvalue weighted by atomic mass is 32.2. The van der Waals surface area contributed by atoms with Gasteiger partial charge in [-0.2, -0.15) is 0 Å². The SMILES string of the molecule is CCC(O)(CC)CNS(=O)(=O)c1ccc(CC(=O)O)cc1. The lowest BCUT2D eigenvalue weighted by atomic mass is 9.98. The van der Waals surface area contributed by atoms with Crippen LogP contribution in [0.25, 0.3) is 0 Å². The van der Waals surface area contributed by atoms with Crippen molar-refractivity contribution in [3.05, 3.63) is 29.8 Å². The Morgan fingerprint density at radius 2 is 1.71 bits per heavy atom. The lowest BCUT2D eigenvalue weighted by Crippen LogP contribution is -2.41. The number of carboxylic acid groups (broad SMARTS) is 1. The monoisotopic (exact) mass is 315 g/mol. The normalized spacial score (nSPS) is 12.3. The summed E-state index contributed by atoms with van der Waals surface area (Å²) in [4.78, 5) is 10.6. The van der Waals surface area contributed by atoms with E-state index in [1.54, 1.807) is 13.8 Å². The summed E-state index contributed by atoms with van der Waals surface area (Å²) in [5.74, 6) is -0.973. The fourth-order valence-electron chi connectivity index (χ4n) is 1.77. The fourth-order valence-corrected chi connectivity index (χ4v) is 2.89. The molecule has 1 aromatic carbocycles. The van der Waals surface area contributed by atoms with Gasteiger partial charge in [-0.25, -0.2) is 13.1 Å². The number of carboxylic acids is 1. The number of rotatable bonds is 8. The third-order valence-corrected chi connectivity index (χ3v) is 4.91. The van der Waals surface area contributed by atoms with Crippen LogP contribution in [0.1, 0.15) is 32.3 Å². The number of sulfonamides is 1. The molecule has 1 rings (SSSR count). The Labute approximate surface area is 124 Å². The molecule has 0 spiro atoms. The van der Waals surface area contributed by atoms with Gasteiger partial charge in [0.1, 0.15) is 0 Å². The first kappa shape index (κ1) is 17.6. The Kier molecular flexibility index (Phi) is 5.88. The molecule has 0 fully saturated rings. The molecule has 3 N–H and O–H groups in total. The smallest absolute Gasteiger partial charge is 0.307 e. The van der Waals surface area contributed by atoms with Gasteiger partial charge in [0, 0.05) is 6.54 Å². The molecule has 0 amide bonds. The second kappa shape index (κ2) is 7.02. The molecule has 6 nitrogen and oxygen atoms in total. The van der Waals surface area contributed by atoms with Crippen molar-refractivity contribution in [3.8, 4) is 0 Å². The van der Waals surface area contributed by atoms with Gasteiger partial charge in [0.15, 0.2) is 0 Å². The van der Waals surface area contributed by atoms with E-state index in [1.807, 2.05) is 0 Å². The molecule has 0 unspecified atom stereocenters. The van der Waals surface area contributed by atoms with Gasteiger partial charge in [-0.05, 0) is 30.5 Å². The third kappa shape index (κ3) is 5.11. The molecule has 0 aliphatic rings. The number of hydrogen-bond donors (Lipinski definition) is 3. The first-order valence-electron chi connectivity index (χ1n) is 6.75. The van der Waals surface area contributed by atoms with E-state index in [-0.39, 0.29) is 17.9 Å². The zero-order chi connectivity index (χ0) is 16.1. The number of aliphatic carboxylic acids is 1. The molecule has 1 aromatic rings. The summed E-state index contributed by atoms with van der Waals surface area (Å²) in [6.07, 6.45) is 0.742. The zero-order valence-electron chi connectivity index (χ0n) is 12.2. The molecular formula is C14H21NO5S. The van der Waals surface area contributed by atoms with Crippen molar-refractivity contribution < 1.29 is 23.4 Å². The molecule has 0 bridgehead atoms. The van der Waals surface area contributed by atoms with E-state index in [9.17, 15) is 18.3 Å². The average Bonchev–Trinajstić information content (AvgIpc) is 2.45. The van der Waals surface area contributed by atoms with Crippen molar-refractivity contribution in [1.82, 2.24) is 4.72 Å². The van der Waals surface area contributed by atoms with Crippen LogP contribution in [-0.4, -0.2) is 36.7 Å². The number of benzene rings is 1. The van der Waals surface area contributed by atoms with Gasteiger partial charge in [-0.3, -0.25) is 4.79 Å². The molecule has 0 atom stereocenters. The maximum atomic E-state index is 12.1. The standard InChI is InChI=1S/C14H21NO5S/c1-3-14(18,4-2)10-15-21(19,20)12-7-5-11(6-8-12)9-13(16)17/h5-8,15,18H,3-4,9-10H2,1-2H3,(H,16,17). The van der Waals surface area contributed by atoms with Crippen LogP contribution in [0.5, 0.6) is 0 Å². The van der Waals surface area contributed by atoms with Gasteiger partial charge in [0.25, 0.3) is 0 Å². The lowest BCUT2D eigenvalue weighted by Gasteiger charge is -2.25. The Bertz CT molecular complexity index is 576. The second-order valence-corrected chi connectivity index (χ2v) is 6.74. The minimum absolute atomic E-state index is 0.0474. The zero-order valence-corrected chi connectivity index (χ0v) is 13.0. The highest BCUT2D eigenvalue weighted by Gasteiger charge is 2.25. The van der Waals surface area contributed by atoms with E-state index in [2.05, 4.69) is 4.72 Å². The minimum atomic E-state index is -3.72. The molecular weight excluding hydrogens is 294 g/mol. The van der Waals surface area contributed by atoms with E-state index >= 15 is 0 Å². The van der Waals surface area contributed by atoms with Crippen molar-refractivity contribution in [2.45, 2.75) is 43.6 Å². The molecule has 0 saturated carbocycles. The average molecular weight is 315 g/mol. The Morgan fingerprint density at radius 3 is 2.14 bits per heavy atom. The molecule has 118 valence electrons. The Morgan fingerprint density at radius 1 is 1.19 bits per heavy atom. The molecule has 7 heteroatoms. The Balaban J connectivity index is 2.81. The largest absolute Gasteiger partial charge is 0.481 e. The van der Waals surface area contributed by atoms with Crippen molar-refractivity contribution in [2.24, 2.45) is 0 Å². The van der Waals surface area contributed by atoms with Crippen molar-refractivity contribution in [3.63, 3.8) is 0 Å². The number of aliphatic hydroxyl groups is 1. The number of nitrogens with one attached hydrogen (secondary N) is 1. The van der Waals surface area contributed by atoms with E-state index in [0.29, 0.717) is 18.4 Å². The first-order chi connectivity index (χ1) is 9.72. The molecule has 0 saturated heterocycles. The highest BCUT2D eigenvalue weighted by Crippen LogP contribution is 2.16. The van der Waals surface area contributed by atoms with Crippen LogP contribution in [-0.2, 0) is 21.2 Å². The maximum absolute atomic E-state index is 12.1. The summed E-state index contributed by atoms with van der Waals surface area (Å²) in [6.45, 7) is 3.52. The van der Waals surface area contributed by atoms with Crippen LogP contribution in [0.15, 0.2) is 29.2 Å². The van der Waals surface area contributed by atoms with Gasteiger partial charge < -0.3 is 10.2 Å². The van der Waals surface area contributed by atoms with Gasteiger partial charge in [0.05, 0.1) is 16.9 Å². The molecule has 0 radical (unpaired) electrons. The fraction of sp³-hybridized carbons (Fsp3) is 0.500. The highest BCUT2D eigenvalue weighted by molar-refractivity contribution is 7.89. The predicted octanol–water partition coefficient (Wildman–Crippen LogP) is 1.14. The maximum Gasteiger partial charge on any atom is 0.307 e. The van der Waals surface area contributed by atoms with Gasteiger partial charge in [0.2, 0.25) is 10.0 Å². The molecule has 0 aliphatic heterocycles. The summed E-state index contributed by atoms with van der Waals surface area (Å²) in [6, 6.07) is 5.65. The summed E-state index contributed by atoms with van der Waals surface area (Å²) in [5.41, 5.74) is -0.531.